The first-order valence-electron chi connectivity index (χ1n) is 13.0. The number of rotatable bonds is 9. The third kappa shape index (κ3) is 7.72. The summed E-state index contributed by atoms with van der Waals surface area (Å²) in [5.41, 5.74) is -0.993. The van der Waals surface area contributed by atoms with Crippen LogP contribution >= 0.6 is 23.1 Å². The number of carbonyl (C=O) groups excluding carboxylic acids is 2. The molecule has 0 aliphatic heterocycles. The second-order valence-electron chi connectivity index (χ2n) is 9.20. The summed E-state index contributed by atoms with van der Waals surface area (Å²) in [4.78, 5) is 45.4. The first-order chi connectivity index (χ1) is 21.3. The molecule has 4 rings (SSSR count). The topological polar surface area (TPSA) is 148 Å². The molecule has 0 atom stereocenters. The minimum Gasteiger partial charge on any atom is -0.462 e. The van der Waals surface area contributed by atoms with E-state index in [2.05, 4.69) is 15.3 Å². The molecule has 230 valence electrons. The van der Waals surface area contributed by atoms with Gasteiger partial charge in [0, 0.05) is 27.5 Å². The number of hydrogen-bond donors (Lipinski definition) is 1. The van der Waals surface area contributed by atoms with Crippen LogP contribution in [0.1, 0.15) is 39.0 Å². The number of nitrogens with one attached hydrogen (secondary N) is 1. The lowest BCUT2D eigenvalue weighted by atomic mass is 10.1. The van der Waals surface area contributed by atoms with Crippen molar-refractivity contribution in [2.24, 2.45) is 0 Å². The Morgan fingerprint density at radius 3 is 2.49 bits per heavy atom. The summed E-state index contributed by atoms with van der Waals surface area (Å²) >= 11 is 1.77. The number of ether oxygens (including phenoxy) is 1. The number of nitro benzene ring substituents is 1. The van der Waals surface area contributed by atoms with E-state index < -0.39 is 39.9 Å². The van der Waals surface area contributed by atoms with Crippen LogP contribution in [0.3, 0.4) is 0 Å². The van der Waals surface area contributed by atoms with Crippen molar-refractivity contribution in [3.8, 4) is 17.3 Å². The number of benzene rings is 2. The van der Waals surface area contributed by atoms with E-state index in [9.17, 15) is 38.1 Å². The van der Waals surface area contributed by atoms with Gasteiger partial charge in [-0.3, -0.25) is 14.9 Å². The fourth-order valence-electron chi connectivity index (χ4n) is 3.96. The number of halogens is 3. The fraction of sp³-hybridized carbons (Fsp3) is 0.167. The van der Waals surface area contributed by atoms with Crippen molar-refractivity contribution in [1.82, 2.24) is 9.97 Å². The van der Waals surface area contributed by atoms with E-state index in [0.29, 0.717) is 22.9 Å². The third-order valence-electron chi connectivity index (χ3n) is 6.23. The molecule has 0 radical (unpaired) electrons. The molecule has 0 bridgehead atoms. The number of anilines is 1. The summed E-state index contributed by atoms with van der Waals surface area (Å²) in [6.07, 6.45) is -3.74. The zero-order chi connectivity index (χ0) is 32.9. The highest BCUT2D eigenvalue weighted by molar-refractivity contribution is 7.99. The third-order valence-corrected chi connectivity index (χ3v) is 8.31. The summed E-state index contributed by atoms with van der Waals surface area (Å²) in [6, 6.07) is 14.2. The number of amides is 1. The van der Waals surface area contributed by atoms with E-state index in [1.807, 2.05) is 0 Å². The molecule has 0 fully saturated rings. The van der Waals surface area contributed by atoms with Crippen LogP contribution in [-0.4, -0.2) is 33.4 Å². The first-order valence-corrected chi connectivity index (χ1v) is 14.6. The van der Waals surface area contributed by atoms with Crippen molar-refractivity contribution < 1.29 is 32.4 Å². The van der Waals surface area contributed by atoms with Crippen LogP contribution in [0.4, 0.5) is 23.9 Å². The number of thiophene rings is 1. The van der Waals surface area contributed by atoms with Crippen molar-refractivity contribution in [3.05, 3.63) is 97.5 Å². The van der Waals surface area contributed by atoms with E-state index in [4.69, 9.17) is 4.74 Å². The lowest BCUT2D eigenvalue weighted by Gasteiger charge is -2.12. The van der Waals surface area contributed by atoms with E-state index in [1.54, 1.807) is 57.2 Å². The van der Waals surface area contributed by atoms with E-state index >= 15 is 0 Å². The van der Waals surface area contributed by atoms with Crippen LogP contribution in [0.5, 0.6) is 0 Å². The molecule has 0 unspecified atom stereocenters. The smallest absolute Gasteiger partial charge is 0.433 e. The van der Waals surface area contributed by atoms with Crippen molar-refractivity contribution in [3.63, 3.8) is 0 Å². The Morgan fingerprint density at radius 2 is 1.87 bits per heavy atom. The van der Waals surface area contributed by atoms with Gasteiger partial charge in [-0.2, -0.15) is 18.4 Å². The maximum Gasteiger partial charge on any atom is 0.433 e. The first kappa shape index (κ1) is 32.8. The molecule has 15 heteroatoms. The Bertz CT molecular complexity index is 1870. The second-order valence-corrected chi connectivity index (χ2v) is 11.4. The molecule has 4 aromatic rings. The van der Waals surface area contributed by atoms with Crippen molar-refractivity contribution >= 4 is 51.7 Å². The van der Waals surface area contributed by atoms with Crippen LogP contribution in [0.2, 0.25) is 0 Å². The van der Waals surface area contributed by atoms with Crippen LogP contribution in [0.25, 0.3) is 17.3 Å². The van der Waals surface area contributed by atoms with E-state index in [-0.39, 0.29) is 38.5 Å². The van der Waals surface area contributed by atoms with Gasteiger partial charge in [0.05, 0.1) is 22.8 Å². The standard InChI is InChI=1S/C30H22F3N5O5S2/c1-4-43-28(40)25-16(2)17(3)44-27(25)37-26(39)20(15-34)12-19-13-21(38(41)42)10-11-23(19)45-29-35-22(18-8-6-5-7-9-18)14-24(36-29)30(31,32)33/h5-14H,4H2,1-3H3,(H,37,39)/b20-12-. The molecule has 1 amide bonds. The molecule has 10 nitrogen and oxygen atoms in total. The van der Waals surface area contributed by atoms with Crippen molar-refractivity contribution in [2.45, 2.75) is 37.0 Å². The highest BCUT2D eigenvalue weighted by atomic mass is 32.2. The molecule has 0 spiro atoms. The predicted molar refractivity (Wildman–Crippen MR) is 162 cm³/mol. The molecule has 0 saturated heterocycles. The Hall–Kier alpha value is -5.07. The zero-order valence-electron chi connectivity index (χ0n) is 23.8. The normalized spacial score (nSPS) is 11.5. The molecule has 0 saturated carbocycles. The molecule has 45 heavy (non-hydrogen) atoms. The maximum absolute atomic E-state index is 13.8. The second kappa shape index (κ2) is 13.7. The van der Waals surface area contributed by atoms with Crippen LogP contribution in [-0.2, 0) is 15.7 Å². The van der Waals surface area contributed by atoms with Gasteiger partial charge in [-0.15, -0.1) is 11.3 Å². The predicted octanol–water partition coefficient (Wildman–Crippen LogP) is 7.62. The number of alkyl halides is 3. The molecule has 2 aromatic carbocycles. The molecular formula is C30H22F3N5O5S2. The Kier molecular flexibility index (Phi) is 10.00. The largest absolute Gasteiger partial charge is 0.462 e. The molecule has 2 aromatic heterocycles. The Balaban J connectivity index is 1.76. The molecular weight excluding hydrogens is 631 g/mol. The van der Waals surface area contributed by atoms with Gasteiger partial charge in [-0.1, -0.05) is 30.3 Å². The summed E-state index contributed by atoms with van der Waals surface area (Å²) in [6.45, 7) is 5.15. The fourth-order valence-corrected chi connectivity index (χ4v) is 5.86. The van der Waals surface area contributed by atoms with Gasteiger partial charge in [0.1, 0.15) is 22.3 Å². The van der Waals surface area contributed by atoms with Crippen LogP contribution < -0.4 is 5.32 Å². The summed E-state index contributed by atoms with van der Waals surface area (Å²) < 4.78 is 46.4. The minimum absolute atomic E-state index is 0.00420. The molecule has 1 N–H and O–H groups in total. The lowest BCUT2D eigenvalue weighted by Crippen LogP contribution is -2.16. The monoisotopic (exact) mass is 653 g/mol. The lowest BCUT2D eigenvalue weighted by molar-refractivity contribution is -0.384. The minimum atomic E-state index is -4.80. The Morgan fingerprint density at radius 1 is 1.16 bits per heavy atom. The number of aryl methyl sites for hydroxylation is 1. The van der Waals surface area contributed by atoms with Gasteiger partial charge >= 0.3 is 12.1 Å². The number of esters is 1. The number of hydrogen-bond acceptors (Lipinski definition) is 10. The van der Waals surface area contributed by atoms with Crippen molar-refractivity contribution in [1.29, 1.82) is 5.26 Å². The summed E-state index contributed by atoms with van der Waals surface area (Å²) in [5, 5.41) is 23.8. The number of non-ortho nitro benzene ring substituents is 1. The zero-order valence-corrected chi connectivity index (χ0v) is 25.4. The van der Waals surface area contributed by atoms with Gasteiger partial charge in [0.25, 0.3) is 11.6 Å². The summed E-state index contributed by atoms with van der Waals surface area (Å²) in [5.74, 6) is -1.58. The average molecular weight is 654 g/mol. The van der Waals surface area contributed by atoms with Gasteiger partial charge in [-0.25, -0.2) is 14.8 Å². The molecule has 0 aliphatic carbocycles. The van der Waals surface area contributed by atoms with Gasteiger partial charge in [-0.05, 0) is 61.9 Å². The van der Waals surface area contributed by atoms with E-state index in [1.165, 1.54) is 6.07 Å². The quantitative estimate of drug-likeness (QED) is 0.0481. The summed E-state index contributed by atoms with van der Waals surface area (Å²) in [7, 11) is 0. The average Bonchev–Trinajstić information content (AvgIpc) is 3.28. The number of carbonyl (C=O) groups is 2. The maximum atomic E-state index is 13.8. The van der Waals surface area contributed by atoms with E-state index in [0.717, 1.165) is 40.5 Å². The van der Waals surface area contributed by atoms with Gasteiger partial charge < -0.3 is 10.1 Å². The number of aromatic nitrogens is 2. The SMILES string of the molecule is CCOC(=O)c1c(NC(=O)/C(C#N)=C\c2cc([N+](=O)[O-])ccc2Sc2nc(-c3ccccc3)cc(C(F)(F)F)n2)sc(C)c1C. The van der Waals surface area contributed by atoms with Gasteiger partial charge in [0.15, 0.2) is 5.16 Å². The number of nitriles is 1. The van der Waals surface area contributed by atoms with Crippen LogP contribution in [0, 0.1) is 35.3 Å². The Labute approximate surface area is 262 Å². The highest BCUT2D eigenvalue weighted by Crippen LogP contribution is 2.37. The van der Waals surface area contributed by atoms with Gasteiger partial charge in [0.2, 0.25) is 0 Å². The van der Waals surface area contributed by atoms with Crippen molar-refractivity contribution in [2.75, 3.05) is 11.9 Å². The number of nitro groups is 1. The molecule has 2 heterocycles. The van der Waals surface area contributed by atoms with Crippen LogP contribution in [0.15, 0.2) is 70.2 Å². The highest BCUT2D eigenvalue weighted by Gasteiger charge is 2.34. The number of nitrogens with zero attached hydrogens (tertiary/aromatic N) is 4. The molecule has 0 aliphatic rings.